The van der Waals surface area contributed by atoms with Gasteiger partial charge in [0.15, 0.2) is 0 Å². The molecule has 162 valence electrons. The summed E-state index contributed by atoms with van der Waals surface area (Å²) < 4.78 is 36.7. The highest BCUT2D eigenvalue weighted by molar-refractivity contribution is 5.96. The Kier molecular flexibility index (Phi) is 9.98. The number of halogens is 2. The van der Waals surface area contributed by atoms with Gasteiger partial charge in [0.25, 0.3) is 0 Å². The molecule has 0 spiro atoms. The maximum Gasteiger partial charge on any atom is 0.343 e. The first-order valence-corrected chi connectivity index (χ1v) is 10.4. The first-order chi connectivity index (χ1) is 14.5. The van der Waals surface area contributed by atoms with Gasteiger partial charge in [0.05, 0.1) is 17.7 Å². The van der Waals surface area contributed by atoms with Gasteiger partial charge in [-0.2, -0.15) is 0 Å². The van der Waals surface area contributed by atoms with E-state index in [9.17, 15) is 18.4 Å². The number of benzene rings is 2. The molecule has 4 nitrogen and oxygen atoms in total. The van der Waals surface area contributed by atoms with Crippen LogP contribution < -0.4 is 4.74 Å². The van der Waals surface area contributed by atoms with Crippen LogP contribution in [0.5, 0.6) is 5.75 Å². The fourth-order valence-electron chi connectivity index (χ4n) is 3.01. The summed E-state index contributed by atoms with van der Waals surface area (Å²) in [4.78, 5) is 24.4. The predicted octanol–water partition coefficient (Wildman–Crippen LogP) is 6.48. The Morgan fingerprint density at radius 2 is 1.33 bits per heavy atom. The van der Waals surface area contributed by atoms with Crippen molar-refractivity contribution >= 4 is 11.9 Å². The van der Waals surface area contributed by atoms with Crippen LogP contribution in [0.1, 0.15) is 79.0 Å². The Bertz CT molecular complexity index is 815. The van der Waals surface area contributed by atoms with Crippen LogP contribution in [0.4, 0.5) is 8.78 Å². The standard InChI is InChI=1S/C24H28F2O4/c1-2-3-4-5-6-7-8-9-13-29-23(27)18-11-10-12-19(14-18)24(28)30-22-16-20(25)15-21(26)17-22/h10-12,14-17H,2-9,13H2,1H3. The van der Waals surface area contributed by atoms with Crippen molar-refractivity contribution in [2.24, 2.45) is 0 Å². The van der Waals surface area contributed by atoms with Crippen LogP contribution in [0, 0.1) is 11.6 Å². The van der Waals surface area contributed by atoms with E-state index in [0.29, 0.717) is 12.7 Å². The molecule has 0 fully saturated rings. The van der Waals surface area contributed by atoms with Crippen LogP contribution in [0.3, 0.4) is 0 Å². The fraction of sp³-hybridized carbons (Fsp3) is 0.417. The highest BCUT2D eigenvalue weighted by atomic mass is 19.1. The average molecular weight is 418 g/mol. The molecule has 0 aliphatic heterocycles. The molecule has 0 aromatic heterocycles. The molecule has 0 saturated carbocycles. The van der Waals surface area contributed by atoms with Gasteiger partial charge in [-0.25, -0.2) is 18.4 Å². The summed E-state index contributed by atoms with van der Waals surface area (Å²) in [6.45, 7) is 2.52. The van der Waals surface area contributed by atoms with E-state index in [4.69, 9.17) is 9.47 Å². The molecule has 2 aromatic rings. The lowest BCUT2D eigenvalue weighted by Gasteiger charge is -2.08. The molecule has 0 N–H and O–H groups in total. The zero-order valence-corrected chi connectivity index (χ0v) is 17.3. The topological polar surface area (TPSA) is 52.6 Å². The molecule has 0 unspecified atom stereocenters. The van der Waals surface area contributed by atoms with Crippen molar-refractivity contribution in [1.29, 1.82) is 0 Å². The van der Waals surface area contributed by atoms with E-state index in [1.165, 1.54) is 56.4 Å². The lowest BCUT2D eigenvalue weighted by atomic mass is 10.1. The average Bonchev–Trinajstić information content (AvgIpc) is 2.71. The highest BCUT2D eigenvalue weighted by Crippen LogP contribution is 2.18. The minimum Gasteiger partial charge on any atom is -0.462 e. The monoisotopic (exact) mass is 418 g/mol. The summed E-state index contributed by atoms with van der Waals surface area (Å²) in [7, 11) is 0. The molecule has 0 atom stereocenters. The van der Waals surface area contributed by atoms with Gasteiger partial charge in [0.2, 0.25) is 0 Å². The van der Waals surface area contributed by atoms with Gasteiger partial charge in [-0.3, -0.25) is 0 Å². The Morgan fingerprint density at radius 3 is 1.97 bits per heavy atom. The van der Waals surface area contributed by atoms with Crippen molar-refractivity contribution in [1.82, 2.24) is 0 Å². The Morgan fingerprint density at radius 1 is 0.767 bits per heavy atom. The number of esters is 2. The van der Waals surface area contributed by atoms with Crippen molar-refractivity contribution in [3.63, 3.8) is 0 Å². The molecular formula is C24H28F2O4. The Labute approximate surface area is 176 Å². The van der Waals surface area contributed by atoms with Crippen molar-refractivity contribution in [2.75, 3.05) is 6.61 Å². The third-order valence-corrected chi connectivity index (χ3v) is 4.61. The number of hydrogen-bond acceptors (Lipinski definition) is 4. The van der Waals surface area contributed by atoms with Crippen molar-refractivity contribution in [3.05, 3.63) is 65.2 Å². The summed E-state index contributed by atoms with van der Waals surface area (Å²) in [5, 5.41) is 0. The maximum atomic E-state index is 13.2. The number of rotatable bonds is 12. The van der Waals surface area contributed by atoms with E-state index in [1.54, 1.807) is 0 Å². The van der Waals surface area contributed by atoms with Crippen LogP contribution in [0.15, 0.2) is 42.5 Å². The number of unbranched alkanes of at least 4 members (excludes halogenated alkanes) is 7. The Balaban J connectivity index is 1.78. The molecule has 2 aromatic carbocycles. The van der Waals surface area contributed by atoms with Crippen LogP contribution in [-0.2, 0) is 4.74 Å². The van der Waals surface area contributed by atoms with Crippen molar-refractivity contribution in [2.45, 2.75) is 58.3 Å². The summed E-state index contributed by atoms with van der Waals surface area (Å²) in [5.41, 5.74) is 0.302. The van der Waals surface area contributed by atoms with E-state index in [-0.39, 0.29) is 16.9 Å². The van der Waals surface area contributed by atoms with Gasteiger partial charge in [-0.05, 0) is 24.6 Å². The van der Waals surface area contributed by atoms with Gasteiger partial charge in [0, 0.05) is 18.2 Å². The first kappa shape index (κ1) is 23.5. The second-order valence-corrected chi connectivity index (χ2v) is 7.19. The van der Waals surface area contributed by atoms with Crippen molar-refractivity contribution < 1.29 is 27.8 Å². The SMILES string of the molecule is CCCCCCCCCCOC(=O)c1cccc(C(=O)Oc2cc(F)cc(F)c2)c1. The van der Waals surface area contributed by atoms with Crippen LogP contribution in [0.25, 0.3) is 0 Å². The lowest BCUT2D eigenvalue weighted by molar-refractivity contribution is 0.0497. The second kappa shape index (κ2) is 12.7. The van der Waals surface area contributed by atoms with E-state index in [0.717, 1.165) is 31.4 Å². The summed E-state index contributed by atoms with van der Waals surface area (Å²) in [6.07, 6.45) is 9.18. The van der Waals surface area contributed by atoms with Crippen molar-refractivity contribution in [3.8, 4) is 5.75 Å². The minimum absolute atomic E-state index is 0.0844. The maximum absolute atomic E-state index is 13.2. The lowest BCUT2D eigenvalue weighted by Crippen LogP contribution is -2.11. The predicted molar refractivity (Wildman–Crippen MR) is 111 cm³/mol. The van der Waals surface area contributed by atoms with Gasteiger partial charge in [-0.1, -0.05) is 57.9 Å². The molecule has 0 bridgehead atoms. The summed E-state index contributed by atoms with van der Waals surface area (Å²) in [6, 6.07) is 8.35. The van der Waals surface area contributed by atoms with Gasteiger partial charge >= 0.3 is 11.9 Å². The van der Waals surface area contributed by atoms with E-state index in [2.05, 4.69) is 6.92 Å². The molecule has 0 heterocycles. The zero-order chi connectivity index (χ0) is 21.8. The molecule has 0 aliphatic carbocycles. The Hall–Kier alpha value is -2.76. The van der Waals surface area contributed by atoms with Gasteiger partial charge in [0.1, 0.15) is 17.4 Å². The first-order valence-electron chi connectivity index (χ1n) is 10.4. The normalized spacial score (nSPS) is 10.6. The van der Waals surface area contributed by atoms with Crippen LogP contribution >= 0.6 is 0 Å². The summed E-state index contributed by atoms with van der Waals surface area (Å²) >= 11 is 0. The van der Waals surface area contributed by atoms with Crippen LogP contribution in [0.2, 0.25) is 0 Å². The molecule has 0 amide bonds. The molecule has 0 aliphatic rings. The smallest absolute Gasteiger partial charge is 0.343 e. The van der Waals surface area contributed by atoms with Gasteiger partial charge in [-0.15, -0.1) is 0 Å². The van der Waals surface area contributed by atoms with Gasteiger partial charge < -0.3 is 9.47 Å². The molecule has 6 heteroatoms. The third kappa shape index (κ3) is 8.31. The highest BCUT2D eigenvalue weighted by Gasteiger charge is 2.14. The quantitative estimate of drug-likeness (QED) is 0.225. The minimum atomic E-state index is -0.851. The van der Waals surface area contributed by atoms with E-state index >= 15 is 0 Å². The second-order valence-electron chi connectivity index (χ2n) is 7.19. The largest absolute Gasteiger partial charge is 0.462 e. The number of carbonyl (C=O) groups excluding carboxylic acids is 2. The molecule has 2 rings (SSSR count). The van der Waals surface area contributed by atoms with Crippen LogP contribution in [-0.4, -0.2) is 18.5 Å². The van der Waals surface area contributed by atoms with E-state index in [1.807, 2.05) is 0 Å². The molecular weight excluding hydrogens is 390 g/mol. The molecule has 0 saturated heterocycles. The fourth-order valence-corrected chi connectivity index (χ4v) is 3.01. The molecule has 30 heavy (non-hydrogen) atoms. The molecule has 0 radical (unpaired) electrons. The zero-order valence-electron chi connectivity index (χ0n) is 17.3. The third-order valence-electron chi connectivity index (χ3n) is 4.61. The number of ether oxygens (including phenoxy) is 2. The number of carbonyl (C=O) groups is 2. The number of hydrogen-bond donors (Lipinski definition) is 0. The summed E-state index contributed by atoms with van der Waals surface area (Å²) in [5.74, 6) is -3.30. The van der Waals surface area contributed by atoms with E-state index < -0.39 is 23.6 Å².